The Morgan fingerprint density at radius 3 is 2.93 bits per heavy atom. The first-order chi connectivity index (χ1) is 6.74. The molecule has 1 aromatic heterocycles. The molecule has 0 saturated carbocycles. The first kappa shape index (κ1) is 9.81. The zero-order valence-electron chi connectivity index (χ0n) is 8.13. The molecular weight excluding hydrogens is 216 g/mol. The zero-order valence-corrected chi connectivity index (χ0v) is 9.71. The average Bonchev–Trinajstić information content (AvgIpc) is 2.57. The molecule has 2 aromatic rings. The molecule has 0 bridgehead atoms. The molecule has 0 spiro atoms. The number of halogens is 1. The van der Waals surface area contributed by atoms with E-state index in [1.807, 2.05) is 31.4 Å². The van der Waals surface area contributed by atoms with Crippen molar-refractivity contribution in [1.82, 2.24) is 0 Å². The molecule has 0 N–H and O–H groups in total. The van der Waals surface area contributed by atoms with Crippen LogP contribution in [0.5, 0.6) is 5.75 Å². The third-order valence-corrected chi connectivity index (χ3v) is 3.54. The molecule has 1 heterocycles. The van der Waals surface area contributed by atoms with Gasteiger partial charge in [-0.2, -0.15) is 0 Å². The van der Waals surface area contributed by atoms with E-state index in [-0.39, 0.29) is 0 Å². The predicted octanol–water partition coefficient (Wildman–Crippen LogP) is 4.26. The van der Waals surface area contributed by atoms with Gasteiger partial charge in [0.25, 0.3) is 0 Å². The van der Waals surface area contributed by atoms with Crippen molar-refractivity contribution >= 4 is 33.0 Å². The number of ether oxygens (including phenoxy) is 1. The van der Waals surface area contributed by atoms with Crippen molar-refractivity contribution in [3.05, 3.63) is 28.1 Å². The van der Waals surface area contributed by atoms with Crippen LogP contribution < -0.4 is 4.74 Å². The highest BCUT2D eigenvalue weighted by molar-refractivity contribution is 7.17. The van der Waals surface area contributed by atoms with Crippen LogP contribution in [0.1, 0.15) is 12.5 Å². The second kappa shape index (κ2) is 3.79. The number of thiophene rings is 1. The van der Waals surface area contributed by atoms with Gasteiger partial charge in [0.05, 0.1) is 6.61 Å². The first-order valence-electron chi connectivity index (χ1n) is 4.53. The lowest BCUT2D eigenvalue weighted by Gasteiger charge is -2.04. The number of benzene rings is 1. The van der Waals surface area contributed by atoms with Gasteiger partial charge in [-0.3, -0.25) is 0 Å². The normalized spacial score (nSPS) is 10.8. The molecular formula is C11H11ClOS. The highest BCUT2D eigenvalue weighted by atomic mass is 35.5. The van der Waals surface area contributed by atoms with Crippen molar-refractivity contribution < 1.29 is 4.74 Å². The van der Waals surface area contributed by atoms with E-state index in [4.69, 9.17) is 16.3 Å². The summed E-state index contributed by atoms with van der Waals surface area (Å²) >= 11 is 7.76. The summed E-state index contributed by atoms with van der Waals surface area (Å²) in [6.45, 7) is 4.71. The van der Waals surface area contributed by atoms with Gasteiger partial charge in [0.15, 0.2) is 0 Å². The molecule has 0 saturated heterocycles. The summed E-state index contributed by atoms with van der Waals surface area (Å²) in [6.07, 6.45) is 0. The van der Waals surface area contributed by atoms with Crippen molar-refractivity contribution in [1.29, 1.82) is 0 Å². The monoisotopic (exact) mass is 226 g/mol. The SMILES string of the molecule is CCOc1csc2ccc(Cl)c(C)c12. The van der Waals surface area contributed by atoms with Gasteiger partial charge in [-0.1, -0.05) is 11.6 Å². The first-order valence-corrected chi connectivity index (χ1v) is 5.79. The minimum absolute atomic E-state index is 0.692. The predicted molar refractivity (Wildman–Crippen MR) is 62.7 cm³/mol. The molecule has 3 heteroatoms. The van der Waals surface area contributed by atoms with E-state index in [0.717, 1.165) is 21.7 Å². The van der Waals surface area contributed by atoms with Crippen molar-refractivity contribution in [3.8, 4) is 5.75 Å². The van der Waals surface area contributed by atoms with Crippen LogP contribution in [0.4, 0.5) is 0 Å². The Morgan fingerprint density at radius 2 is 2.21 bits per heavy atom. The largest absolute Gasteiger partial charge is 0.492 e. The van der Waals surface area contributed by atoms with Crippen molar-refractivity contribution in [2.75, 3.05) is 6.61 Å². The van der Waals surface area contributed by atoms with Crippen LogP contribution in [-0.4, -0.2) is 6.61 Å². The van der Waals surface area contributed by atoms with Gasteiger partial charge in [-0.15, -0.1) is 11.3 Å². The molecule has 0 radical (unpaired) electrons. The summed E-state index contributed by atoms with van der Waals surface area (Å²) in [5.74, 6) is 0.951. The van der Waals surface area contributed by atoms with Gasteiger partial charge in [-0.05, 0) is 31.5 Å². The molecule has 1 nitrogen and oxygen atoms in total. The van der Waals surface area contributed by atoms with Crippen LogP contribution in [0.25, 0.3) is 10.1 Å². The van der Waals surface area contributed by atoms with E-state index >= 15 is 0 Å². The van der Waals surface area contributed by atoms with Crippen LogP contribution in [0, 0.1) is 6.92 Å². The van der Waals surface area contributed by atoms with Crippen molar-refractivity contribution in [2.45, 2.75) is 13.8 Å². The minimum Gasteiger partial charge on any atom is -0.492 e. The third-order valence-electron chi connectivity index (χ3n) is 2.20. The molecule has 0 aliphatic heterocycles. The summed E-state index contributed by atoms with van der Waals surface area (Å²) in [5.41, 5.74) is 1.11. The van der Waals surface area contributed by atoms with Crippen LogP contribution in [0.2, 0.25) is 5.02 Å². The molecule has 0 unspecified atom stereocenters. The van der Waals surface area contributed by atoms with Crippen LogP contribution >= 0.6 is 22.9 Å². The fraction of sp³-hybridized carbons (Fsp3) is 0.273. The molecule has 2 rings (SSSR count). The lowest BCUT2D eigenvalue weighted by atomic mass is 10.1. The van der Waals surface area contributed by atoms with Gasteiger partial charge in [0, 0.05) is 20.5 Å². The molecule has 1 aromatic carbocycles. The van der Waals surface area contributed by atoms with Gasteiger partial charge >= 0.3 is 0 Å². The highest BCUT2D eigenvalue weighted by Gasteiger charge is 2.09. The van der Waals surface area contributed by atoms with E-state index in [1.54, 1.807) is 11.3 Å². The topological polar surface area (TPSA) is 9.23 Å². The fourth-order valence-corrected chi connectivity index (χ4v) is 2.60. The Hall–Kier alpha value is -0.730. The summed E-state index contributed by atoms with van der Waals surface area (Å²) in [5, 5.41) is 4.00. The molecule has 0 amide bonds. The Kier molecular flexibility index (Phi) is 2.66. The summed E-state index contributed by atoms with van der Waals surface area (Å²) in [7, 11) is 0. The lowest BCUT2D eigenvalue weighted by Crippen LogP contribution is -1.90. The molecule has 14 heavy (non-hydrogen) atoms. The maximum Gasteiger partial charge on any atom is 0.138 e. The molecule has 74 valence electrons. The maximum absolute atomic E-state index is 6.07. The van der Waals surface area contributed by atoms with Gasteiger partial charge in [0.1, 0.15) is 5.75 Å². The number of rotatable bonds is 2. The van der Waals surface area contributed by atoms with E-state index in [2.05, 4.69) is 0 Å². The lowest BCUT2D eigenvalue weighted by molar-refractivity contribution is 0.345. The Bertz CT molecular complexity index is 462. The number of hydrogen-bond donors (Lipinski definition) is 0. The van der Waals surface area contributed by atoms with Gasteiger partial charge in [-0.25, -0.2) is 0 Å². The summed E-state index contributed by atoms with van der Waals surface area (Å²) < 4.78 is 6.78. The molecule has 0 atom stereocenters. The van der Waals surface area contributed by atoms with E-state index in [1.165, 1.54) is 4.70 Å². The maximum atomic E-state index is 6.07. The quantitative estimate of drug-likeness (QED) is 0.744. The molecule has 0 aliphatic carbocycles. The second-order valence-electron chi connectivity index (χ2n) is 3.08. The number of hydrogen-bond acceptors (Lipinski definition) is 2. The van der Waals surface area contributed by atoms with Crippen LogP contribution in [-0.2, 0) is 0 Å². The second-order valence-corrected chi connectivity index (χ2v) is 4.40. The Balaban J connectivity index is 2.69. The van der Waals surface area contributed by atoms with Crippen LogP contribution in [0.15, 0.2) is 17.5 Å². The Morgan fingerprint density at radius 1 is 1.43 bits per heavy atom. The average molecular weight is 227 g/mol. The third kappa shape index (κ3) is 1.49. The standard InChI is InChI=1S/C11H11ClOS/c1-3-13-9-6-14-10-5-4-8(12)7(2)11(9)10/h4-6H,3H2,1-2H3. The summed E-state index contributed by atoms with van der Waals surface area (Å²) in [6, 6.07) is 3.98. The van der Waals surface area contributed by atoms with Gasteiger partial charge < -0.3 is 4.74 Å². The number of fused-ring (bicyclic) bond motifs is 1. The number of aryl methyl sites for hydroxylation is 1. The van der Waals surface area contributed by atoms with E-state index < -0.39 is 0 Å². The molecule has 0 fully saturated rings. The summed E-state index contributed by atoms with van der Waals surface area (Å²) in [4.78, 5) is 0. The van der Waals surface area contributed by atoms with Crippen molar-refractivity contribution in [3.63, 3.8) is 0 Å². The fourth-order valence-electron chi connectivity index (χ4n) is 1.50. The van der Waals surface area contributed by atoms with Gasteiger partial charge in [0.2, 0.25) is 0 Å². The molecule has 0 aliphatic rings. The van der Waals surface area contributed by atoms with Crippen molar-refractivity contribution in [2.24, 2.45) is 0 Å². The smallest absolute Gasteiger partial charge is 0.138 e. The zero-order chi connectivity index (χ0) is 10.1. The minimum atomic E-state index is 0.692. The van der Waals surface area contributed by atoms with Crippen LogP contribution in [0.3, 0.4) is 0 Å². The Labute approximate surface area is 92.3 Å². The van der Waals surface area contributed by atoms with E-state index in [0.29, 0.717) is 6.61 Å². The van der Waals surface area contributed by atoms with E-state index in [9.17, 15) is 0 Å². The highest BCUT2D eigenvalue weighted by Crippen LogP contribution is 2.37.